The van der Waals surface area contributed by atoms with Crippen LogP contribution in [-0.2, 0) is 16.0 Å². The Morgan fingerprint density at radius 1 is 1.33 bits per heavy atom. The first kappa shape index (κ1) is 16.1. The van der Waals surface area contributed by atoms with E-state index in [1.54, 1.807) is 20.3 Å². The zero-order chi connectivity index (χ0) is 15.4. The van der Waals surface area contributed by atoms with Gasteiger partial charge in [-0.3, -0.25) is 0 Å². The highest BCUT2D eigenvalue weighted by Gasteiger charge is 2.34. The number of pyridine rings is 1. The van der Waals surface area contributed by atoms with Crippen molar-refractivity contribution in [1.29, 1.82) is 0 Å². The normalized spacial score (nSPS) is 22.3. The molecule has 0 bridgehead atoms. The minimum absolute atomic E-state index is 0.00719. The van der Waals surface area contributed by atoms with E-state index in [0.717, 1.165) is 11.4 Å². The van der Waals surface area contributed by atoms with E-state index in [2.05, 4.69) is 29.0 Å². The quantitative estimate of drug-likeness (QED) is 0.863. The van der Waals surface area contributed by atoms with Gasteiger partial charge in [0.1, 0.15) is 23.8 Å². The van der Waals surface area contributed by atoms with E-state index in [-0.39, 0.29) is 18.0 Å². The fourth-order valence-electron chi connectivity index (χ4n) is 2.57. The van der Waals surface area contributed by atoms with Crippen LogP contribution in [0.1, 0.15) is 19.4 Å². The number of nitrogens with one attached hydrogen (secondary N) is 1. The summed E-state index contributed by atoms with van der Waals surface area (Å²) < 4.78 is 24.4. The lowest BCUT2D eigenvalue weighted by Gasteiger charge is -2.21. The van der Waals surface area contributed by atoms with Crippen LogP contribution in [0.15, 0.2) is 12.3 Å². The Morgan fingerprint density at radius 2 is 1.95 bits per heavy atom. The summed E-state index contributed by atoms with van der Waals surface area (Å²) in [6.07, 6.45) is 1.27. The summed E-state index contributed by atoms with van der Waals surface area (Å²) in [6.45, 7) is 6.10. The van der Waals surface area contributed by atoms with Crippen molar-refractivity contribution in [3.8, 4) is 0 Å². The number of halogens is 1. The summed E-state index contributed by atoms with van der Waals surface area (Å²) in [5, 5.41) is 3.31. The van der Waals surface area contributed by atoms with E-state index in [9.17, 15) is 4.39 Å². The van der Waals surface area contributed by atoms with Gasteiger partial charge in [0.25, 0.3) is 0 Å². The second-order valence-electron chi connectivity index (χ2n) is 5.63. The molecular formula is C15H24FN3O2. The largest absolute Gasteiger partial charge is 0.377 e. The number of rotatable bonds is 6. The summed E-state index contributed by atoms with van der Waals surface area (Å²) >= 11 is 0. The van der Waals surface area contributed by atoms with Gasteiger partial charge in [-0.15, -0.1) is 0 Å². The number of ether oxygens (including phenoxy) is 2. The topological polar surface area (TPSA) is 46.6 Å². The molecule has 0 spiro atoms. The number of aromatic nitrogens is 1. The molecule has 1 aliphatic heterocycles. The minimum Gasteiger partial charge on any atom is -0.377 e. The van der Waals surface area contributed by atoms with Gasteiger partial charge in [-0.05, 0) is 6.07 Å². The molecule has 0 saturated carbocycles. The van der Waals surface area contributed by atoms with E-state index < -0.39 is 0 Å². The second-order valence-corrected chi connectivity index (χ2v) is 5.63. The molecule has 6 heteroatoms. The molecule has 1 aromatic heterocycles. The van der Waals surface area contributed by atoms with Crippen LogP contribution in [0.5, 0.6) is 0 Å². The van der Waals surface area contributed by atoms with Gasteiger partial charge in [-0.1, -0.05) is 13.8 Å². The maximum absolute atomic E-state index is 13.5. The van der Waals surface area contributed by atoms with Crippen molar-refractivity contribution in [2.45, 2.75) is 38.6 Å². The highest BCUT2D eigenvalue weighted by Crippen LogP contribution is 2.25. The van der Waals surface area contributed by atoms with Gasteiger partial charge in [-0.2, -0.15) is 0 Å². The van der Waals surface area contributed by atoms with Crippen LogP contribution >= 0.6 is 0 Å². The summed E-state index contributed by atoms with van der Waals surface area (Å²) in [5.74, 6) is 0.483. The molecule has 0 amide bonds. The molecule has 2 atom stereocenters. The molecule has 5 nitrogen and oxygen atoms in total. The molecule has 118 valence electrons. The summed E-state index contributed by atoms with van der Waals surface area (Å²) in [6, 6.07) is 1.87. The Morgan fingerprint density at radius 3 is 2.48 bits per heavy atom. The molecule has 1 aromatic rings. The maximum atomic E-state index is 13.5. The highest BCUT2D eigenvalue weighted by molar-refractivity contribution is 5.48. The van der Waals surface area contributed by atoms with E-state index in [0.29, 0.717) is 25.7 Å². The van der Waals surface area contributed by atoms with Crippen LogP contribution < -0.4 is 10.2 Å². The minimum atomic E-state index is -0.315. The maximum Gasteiger partial charge on any atom is 0.141 e. The Hall–Kier alpha value is -1.24. The molecule has 0 aromatic carbocycles. The molecule has 1 fully saturated rings. The van der Waals surface area contributed by atoms with Crippen LogP contribution in [-0.4, -0.2) is 50.5 Å². The molecule has 0 radical (unpaired) electrons. The molecule has 0 aliphatic carbocycles. The third-order valence-corrected chi connectivity index (χ3v) is 3.73. The van der Waals surface area contributed by atoms with Crippen molar-refractivity contribution in [3.05, 3.63) is 23.6 Å². The third-order valence-electron chi connectivity index (χ3n) is 3.73. The summed E-state index contributed by atoms with van der Waals surface area (Å²) in [4.78, 5) is 6.37. The van der Waals surface area contributed by atoms with Crippen molar-refractivity contribution in [2.75, 3.05) is 32.2 Å². The van der Waals surface area contributed by atoms with Crippen molar-refractivity contribution in [2.24, 2.45) is 0 Å². The van der Waals surface area contributed by atoms with Crippen molar-refractivity contribution < 1.29 is 13.9 Å². The lowest BCUT2D eigenvalue weighted by Crippen LogP contribution is -2.27. The number of hydrogen-bond donors (Lipinski definition) is 1. The second kappa shape index (κ2) is 7.15. The lowest BCUT2D eigenvalue weighted by molar-refractivity contribution is -0.00461. The van der Waals surface area contributed by atoms with Gasteiger partial charge in [0.2, 0.25) is 0 Å². The molecule has 2 heterocycles. The smallest absolute Gasteiger partial charge is 0.141 e. The zero-order valence-corrected chi connectivity index (χ0v) is 13.1. The Balaban J connectivity index is 2.19. The predicted octanol–water partition coefficient (Wildman–Crippen LogP) is 1.57. The van der Waals surface area contributed by atoms with Crippen LogP contribution in [0.25, 0.3) is 0 Å². The van der Waals surface area contributed by atoms with Crippen molar-refractivity contribution >= 4 is 5.82 Å². The molecular weight excluding hydrogens is 273 g/mol. The SMILES string of the molecule is COC1CN(c2ncc(F)cc2CNC(C)C)CC1OC. The first-order valence-corrected chi connectivity index (χ1v) is 7.23. The van der Waals surface area contributed by atoms with Crippen LogP contribution in [0, 0.1) is 5.82 Å². The molecule has 2 rings (SSSR count). The lowest BCUT2D eigenvalue weighted by atomic mass is 10.2. The molecule has 1 saturated heterocycles. The Bertz CT molecular complexity index is 458. The monoisotopic (exact) mass is 297 g/mol. The summed E-state index contributed by atoms with van der Waals surface area (Å²) in [7, 11) is 3.36. The predicted molar refractivity (Wildman–Crippen MR) is 80.0 cm³/mol. The van der Waals surface area contributed by atoms with Gasteiger partial charge < -0.3 is 19.7 Å². The van der Waals surface area contributed by atoms with Crippen molar-refractivity contribution in [1.82, 2.24) is 10.3 Å². The average Bonchev–Trinajstić information content (AvgIpc) is 2.88. The van der Waals surface area contributed by atoms with E-state index in [1.165, 1.54) is 6.20 Å². The highest BCUT2D eigenvalue weighted by atomic mass is 19.1. The summed E-state index contributed by atoms with van der Waals surface area (Å²) in [5.41, 5.74) is 0.857. The van der Waals surface area contributed by atoms with Gasteiger partial charge >= 0.3 is 0 Å². The standard InChI is InChI=1S/C15H24FN3O2/c1-10(2)17-6-11-5-12(16)7-18-15(11)19-8-13(20-3)14(9-19)21-4/h5,7,10,13-14,17H,6,8-9H2,1-4H3. The Labute approximate surface area is 125 Å². The first-order chi connectivity index (χ1) is 10.0. The van der Waals surface area contributed by atoms with Crippen molar-refractivity contribution in [3.63, 3.8) is 0 Å². The molecule has 2 unspecified atom stereocenters. The molecule has 1 N–H and O–H groups in total. The molecule has 21 heavy (non-hydrogen) atoms. The Kier molecular flexibility index (Phi) is 5.50. The number of nitrogens with zero attached hydrogens (tertiary/aromatic N) is 2. The van der Waals surface area contributed by atoms with Crippen LogP contribution in [0.3, 0.4) is 0 Å². The fourth-order valence-corrected chi connectivity index (χ4v) is 2.57. The van der Waals surface area contributed by atoms with E-state index in [1.807, 2.05) is 0 Å². The number of methoxy groups -OCH3 is 2. The number of anilines is 1. The number of hydrogen-bond acceptors (Lipinski definition) is 5. The van der Waals surface area contributed by atoms with Crippen LogP contribution in [0.4, 0.5) is 10.2 Å². The van der Waals surface area contributed by atoms with Gasteiger partial charge in [0, 0.05) is 45.5 Å². The van der Waals surface area contributed by atoms with Gasteiger partial charge in [0.15, 0.2) is 0 Å². The zero-order valence-electron chi connectivity index (χ0n) is 13.1. The first-order valence-electron chi connectivity index (χ1n) is 7.23. The van der Waals surface area contributed by atoms with E-state index in [4.69, 9.17) is 9.47 Å². The van der Waals surface area contributed by atoms with E-state index >= 15 is 0 Å². The fraction of sp³-hybridized carbons (Fsp3) is 0.667. The third kappa shape index (κ3) is 3.90. The molecule has 1 aliphatic rings. The van der Waals surface area contributed by atoms with Gasteiger partial charge in [0.05, 0.1) is 6.20 Å². The van der Waals surface area contributed by atoms with Crippen LogP contribution in [0.2, 0.25) is 0 Å². The van der Waals surface area contributed by atoms with Gasteiger partial charge in [-0.25, -0.2) is 9.37 Å². The average molecular weight is 297 g/mol.